The molecule has 1 unspecified atom stereocenters. The SMILES string of the molecule is CC(O)([N+](=O)[O-])C(F)(F)F. The second kappa shape index (κ2) is 2.08. The number of alkyl halides is 3. The molecule has 0 aliphatic rings. The summed E-state index contributed by atoms with van der Waals surface area (Å²) in [5.41, 5.74) is -3.84. The minimum Gasteiger partial charge on any atom is -0.324 e. The molecular weight excluding hydrogens is 155 g/mol. The van der Waals surface area contributed by atoms with E-state index in [1.165, 1.54) is 0 Å². The van der Waals surface area contributed by atoms with E-state index in [1.807, 2.05) is 0 Å². The molecule has 0 spiro atoms. The lowest BCUT2D eigenvalue weighted by molar-refractivity contribution is -0.662. The third-order valence-electron chi connectivity index (χ3n) is 0.893. The first-order chi connectivity index (χ1) is 4.19. The van der Waals surface area contributed by atoms with Crippen LogP contribution in [0.4, 0.5) is 13.2 Å². The molecule has 0 heterocycles. The van der Waals surface area contributed by atoms with Gasteiger partial charge in [-0.25, -0.2) is 0 Å². The van der Waals surface area contributed by atoms with E-state index in [0.717, 1.165) is 0 Å². The highest BCUT2D eigenvalue weighted by molar-refractivity contribution is 4.67. The monoisotopic (exact) mass is 159 g/mol. The van der Waals surface area contributed by atoms with Crippen molar-refractivity contribution in [3.63, 3.8) is 0 Å². The summed E-state index contributed by atoms with van der Waals surface area (Å²) >= 11 is 0. The Bertz CT molecular complexity index is 152. The van der Waals surface area contributed by atoms with Gasteiger partial charge in [0.15, 0.2) is 0 Å². The van der Waals surface area contributed by atoms with Gasteiger partial charge in [0.1, 0.15) is 0 Å². The van der Waals surface area contributed by atoms with Crippen LogP contribution in [-0.4, -0.2) is 21.9 Å². The second-order valence-corrected chi connectivity index (χ2v) is 1.78. The van der Waals surface area contributed by atoms with E-state index in [4.69, 9.17) is 5.11 Å². The predicted octanol–water partition coefficient (Wildman–Crippen LogP) is 0.534. The lowest BCUT2D eigenvalue weighted by Gasteiger charge is -2.16. The zero-order valence-electron chi connectivity index (χ0n) is 4.84. The van der Waals surface area contributed by atoms with Crippen molar-refractivity contribution in [2.45, 2.75) is 18.8 Å². The van der Waals surface area contributed by atoms with Gasteiger partial charge in [-0.2, -0.15) is 13.2 Å². The fourth-order valence-corrected chi connectivity index (χ4v) is 0.104. The van der Waals surface area contributed by atoms with Gasteiger partial charge in [-0.1, -0.05) is 0 Å². The third kappa shape index (κ3) is 1.35. The molecule has 0 bridgehead atoms. The van der Waals surface area contributed by atoms with Gasteiger partial charge in [0.25, 0.3) is 0 Å². The van der Waals surface area contributed by atoms with Crippen molar-refractivity contribution >= 4 is 0 Å². The van der Waals surface area contributed by atoms with E-state index >= 15 is 0 Å². The number of rotatable bonds is 1. The minimum atomic E-state index is -5.23. The van der Waals surface area contributed by atoms with Crippen LogP contribution >= 0.6 is 0 Å². The van der Waals surface area contributed by atoms with Crippen LogP contribution in [0.2, 0.25) is 0 Å². The van der Waals surface area contributed by atoms with Crippen LogP contribution in [0.3, 0.4) is 0 Å². The highest BCUT2D eigenvalue weighted by atomic mass is 19.4. The number of halogens is 3. The first-order valence-corrected chi connectivity index (χ1v) is 2.13. The van der Waals surface area contributed by atoms with Crippen LogP contribution in [0.1, 0.15) is 6.92 Å². The molecule has 60 valence electrons. The molecule has 0 aliphatic carbocycles. The molecule has 0 rings (SSSR count). The van der Waals surface area contributed by atoms with E-state index in [2.05, 4.69) is 0 Å². The summed E-state index contributed by atoms with van der Waals surface area (Å²) in [6.07, 6.45) is -5.23. The van der Waals surface area contributed by atoms with Crippen molar-refractivity contribution in [1.29, 1.82) is 0 Å². The van der Waals surface area contributed by atoms with E-state index in [-0.39, 0.29) is 6.92 Å². The largest absolute Gasteiger partial charge is 0.489 e. The van der Waals surface area contributed by atoms with Crippen LogP contribution in [0, 0.1) is 10.1 Å². The Morgan fingerprint density at radius 1 is 1.50 bits per heavy atom. The predicted molar refractivity (Wildman–Crippen MR) is 23.7 cm³/mol. The van der Waals surface area contributed by atoms with Gasteiger partial charge in [-0.15, -0.1) is 0 Å². The zero-order valence-corrected chi connectivity index (χ0v) is 4.84. The summed E-state index contributed by atoms with van der Waals surface area (Å²) in [5, 5.41) is 17.6. The standard InChI is InChI=1S/C3H4F3NO3/c1-2(8,7(9)10)3(4,5)6/h8H,1H3. The maximum absolute atomic E-state index is 11.4. The molecule has 0 saturated heterocycles. The smallest absolute Gasteiger partial charge is 0.324 e. The van der Waals surface area contributed by atoms with Crippen molar-refractivity contribution in [3.8, 4) is 0 Å². The van der Waals surface area contributed by atoms with Gasteiger partial charge >= 0.3 is 11.9 Å². The molecule has 0 aromatic rings. The fraction of sp³-hybridized carbons (Fsp3) is 1.00. The van der Waals surface area contributed by atoms with Gasteiger partial charge in [0.2, 0.25) is 0 Å². The number of nitro groups is 1. The molecule has 0 aromatic heterocycles. The molecular formula is C3H4F3NO3. The maximum atomic E-state index is 11.4. The van der Waals surface area contributed by atoms with Crippen LogP contribution in [0.15, 0.2) is 0 Å². The Balaban J connectivity index is 4.57. The normalized spacial score (nSPS) is 18.1. The summed E-state index contributed by atoms with van der Waals surface area (Å²) < 4.78 is 34.2. The van der Waals surface area contributed by atoms with Crippen molar-refractivity contribution in [1.82, 2.24) is 0 Å². The Hall–Kier alpha value is -0.850. The average molecular weight is 159 g/mol. The van der Waals surface area contributed by atoms with Gasteiger partial charge in [0.05, 0.1) is 4.92 Å². The summed E-state index contributed by atoms with van der Waals surface area (Å²) in [4.78, 5) is 7.70. The van der Waals surface area contributed by atoms with Crippen molar-refractivity contribution in [2.24, 2.45) is 0 Å². The molecule has 7 heteroatoms. The lowest BCUT2D eigenvalue weighted by Crippen LogP contribution is -2.48. The molecule has 0 amide bonds. The van der Waals surface area contributed by atoms with Crippen molar-refractivity contribution in [3.05, 3.63) is 10.1 Å². The summed E-state index contributed by atoms with van der Waals surface area (Å²) in [6, 6.07) is 0. The quantitative estimate of drug-likeness (QED) is 0.345. The van der Waals surface area contributed by atoms with Crippen LogP contribution in [0.25, 0.3) is 0 Å². The lowest BCUT2D eigenvalue weighted by atomic mass is 10.3. The molecule has 0 aliphatic heterocycles. The Morgan fingerprint density at radius 2 is 1.80 bits per heavy atom. The van der Waals surface area contributed by atoms with E-state index in [1.54, 1.807) is 0 Å². The first kappa shape index (κ1) is 9.15. The van der Waals surface area contributed by atoms with Gasteiger partial charge in [0, 0.05) is 6.92 Å². The molecule has 1 N–H and O–H groups in total. The number of aliphatic hydroxyl groups is 1. The minimum absolute atomic E-state index is 0.0764. The van der Waals surface area contributed by atoms with E-state index in [0.29, 0.717) is 0 Å². The number of hydrogen-bond acceptors (Lipinski definition) is 3. The molecule has 0 aromatic carbocycles. The van der Waals surface area contributed by atoms with Crippen LogP contribution < -0.4 is 0 Å². The topological polar surface area (TPSA) is 63.4 Å². The van der Waals surface area contributed by atoms with Gasteiger partial charge in [-0.05, 0) is 0 Å². The van der Waals surface area contributed by atoms with Gasteiger partial charge in [-0.3, -0.25) is 10.1 Å². The number of hydrogen-bond donors (Lipinski definition) is 1. The van der Waals surface area contributed by atoms with Gasteiger partial charge < -0.3 is 5.11 Å². The molecule has 4 nitrogen and oxygen atoms in total. The Morgan fingerprint density at radius 3 is 1.80 bits per heavy atom. The molecule has 10 heavy (non-hydrogen) atoms. The summed E-state index contributed by atoms with van der Waals surface area (Å²) in [7, 11) is 0. The van der Waals surface area contributed by atoms with Crippen LogP contribution in [-0.2, 0) is 0 Å². The van der Waals surface area contributed by atoms with E-state index < -0.39 is 16.8 Å². The fourth-order valence-electron chi connectivity index (χ4n) is 0.104. The average Bonchev–Trinajstić information content (AvgIpc) is 1.62. The maximum Gasteiger partial charge on any atom is 0.489 e. The Kier molecular flexibility index (Phi) is 1.90. The molecule has 0 saturated carbocycles. The second-order valence-electron chi connectivity index (χ2n) is 1.78. The molecule has 1 atom stereocenters. The van der Waals surface area contributed by atoms with E-state index in [9.17, 15) is 23.3 Å². The summed E-state index contributed by atoms with van der Waals surface area (Å²) in [5.74, 6) is 0. The zero-order chi connectivity index (χ0) is 8.58. The summed E-state index contributed by atoms with van der Waals surface area (Å²) in [6.45, 7) is 0.0764. The Labute approximate surface area is 53.4 Å². The molecule has 0 radical (unpaired) electrons. The van der Waals surface area contributed by atoms with Crippen LogP contribution in [0.5, 0.6) is 0 Å². The number of nitrogens with zero attached hydrogens (tertiary/aromatic N) is 1. The first-order valence-electron chi connectivity index (χ1n) is 2.13. The highest BCUT2D eigenvalue weighted by Crippen LogP contribution is 2.29. The third-order valence-corrected chi connectivity index (χ3v) is 0.893. The van der Waals surface area contributed by atoms with Crippen molar-refractivity contribution < 1.29 is 23.2 Å². The van der Waals surface area contributed by atoms with Crippen molar-refractivity contribution in [2.75, 3.05) is 0 Å². The highest BCUT2D eigenvalue weighted by Gasteiger charge is 2.61. The molecule has 0 fully saturated rings.